The highest BCUT2D eigenvalue weighted by Gasteiger charge is 2.45. The van der Waals surface area contributed by atoms with Gasteiger partial charge in [-0.15, -0.1) is 0 Å². The zero-order chi connectivity index (χ0) is 23.6. The molecule has 0 radical (unpaired) electrons. The minimum atomic E-state index is -0.805. The highest BCUT2D eigenvalue weighted by molar-refractivity contribution is 6.04. The predicted octanol–water partition coefficient (Wildman–Crippen LogP) is 4.17. The zero-order valence-electron chi connectivity index (χ0n) is 19.1. The molecule has 1 aliphatic heterocycles. The largest absolute Gasteiger partial charge is 0.481 e. The van der Waals surface area contributed by atoms with E-state index >= 15 is 0 Å². The quantitative estimate of drug-likeness (QED) is 0.278. The average Bonchev–Trinajstić information content (AvgIpc) is 3.04. The van der Waals surface area contributed by atoms with Crippen LogP contribution in [-0.2, 0) is 16.1 Å². The number of carboxylic acid groups (broad SMARTS) is 1. The summed E-state index contributed by atoms with van der Waals surface area (Å²) in [4.78, 5) is 38.1. The number of hydrogen-bond acceptors (Lipinski definition) is 5. The average molecular weight is 458 g/mol. The predicted molar refractivity (Wildman–Crippen MR) is 124 cm³/mol. The van der Waals surface area contributed by atoms with Crippen LogP contribution in [0.4, 0.5) is 4.79 Å². The molecule has 1 saturated heterocycles. The number of carbonyl (C=O) groups excluding carboxylic acids is 2. The molecule has 0 aromatic heterocycles. The van der Waals surface area contributed by atoms with Crippen molar-refractivity contribution in [1.82, 2.24) is 9.91 Å². The maximum absolute atomic E-state index is 13.1. The van der Waals surface area contributed by atoms with Gasteiger partial charge in [-0.3, -0.25) is 14.5 Å². The summed E-state index contributed by atoms with van der Waals surface area (Å²) in [5.74, 6) is -0.942. The standard InChI is InChI=1S/C25H35N3O5/c29-22(20-13-7-4-8-14-20)17-26-28-21(15-9-1-2-10-16-23(30)31)24(32)27(25(28)33)18-19-11-5-3-6-12-19/h3,5-6,11-12,17,20-22,29H,1-2,4,7-10,13-16,18H2,(H,30,31). The Balaban J connectivity index is 1.65. The summed E-state index contributed by atoms with van der Waals surface area (Å²) in [6, 6.07) is 8.19. The molecule has 2 aliphatic rings. The molecule has 3 rings (SSSR count). The van der Waals surface area contributed by atoms with E-state index in [4.69, 9.17) is 5.11 Å². The molecule has 1 saturated carbocycles. The second kappa shape index (κ2) is 12.5. The van der Waals surface area contributed by atoms with Crippen molar-refractivity contribution < 1.29 is 24.6 Å². The summed E-state index contributed by atoms with van der Waals surface area (Å²) >= 11 is 0. The van der Waals surface area contributed by atoms with Gasteiger partial charge in [-0.1, -0.05) is 68.9 Å². The van der Waals surface area contributed by atoms with Gasteiger partial charge in [-0.25, -0.2) is 9.80 Å². The molecule has 3 amide bonds. The lowest BCUT2D eigenvalue weighted by molar-refractivity contribution is -0.137. The van der Waals surface area contributed by atoms with Gasteiger partial charge in [0.05, 0.1) is 18.9 Å². The van der Waals surface area contributed by atoms with Gasteiger partial charge in [0.2, 0.25) is 0 Å². The first kappa shape index (κ1) is 24.9. The van der Waals surface area contributed by atoms with Gasteiger partial charge in [0.15, 0.2) is 0 Å². The molecular formula is C25H35N3O5. The van der Waals surface area contributed by atoms with Gasteiger partial charge >= 0.3 is 12.0 Å². The maximum Gasteiger partial charge on any atom is 0.348 e. The summed E-state index contributed by atoms with van der Waals surface area (Å²) in [5.41, 5.74) is 0.861. The van der Waals surface area contributed by atoms with Gasteiger partial charge in [0.1, 0.15) is 6.04 Å². The van der Waals surface area contributed by atoms with Crippen LogP contribution < -0.4 is 0 Å². The maximum atomic E-state index is 13.1. The fraction of sp³-hybridized carbons (Fsp3) is 0.600. The molecule has 2 unspecified atom stereocenters. The Kier molecular flexibility index (Phi) is 9.42. The molecular weight excluding hydrogens is 422 g/mol. The van der Waals surface area contributed by atoms with Crippen molar-refractivity contribution in [2.45, 2.75) is 89.3 Å². The number of carboxylic acids is 1. The molecule has 33 heavy (non-hydrogen) atoms. The third-order valence-electron chi connectivity index (χ3n) is 6.55. The SMILES string of the molecule is O=C(O)CCCCCCC1C(=O)N(Cc2ccccc2)C(=O)N1N=CC(O)C1CCCCC1. The van der Waals surface area contributed by atoms with Crippen molar-refractivity contribution in [1.29, 1.82) is 0 Å². The number of unbranched alkanes of at least 4 members (excludes halogenated alkanes) is 3. The van der Waals surface area contributed by atoms with E-state index in [1.54, 1.807) is 0 Å². The van der Waals surface area contributed by atoms with Crippen LogP contribution in [0, 0.1) is 5.92 Å². The summed E-state index contributed by atoms with van der Waals surface area (Å²) in [6.45, 7) is 0.185. The summed E-state index contributed by atoms with van der Waals surface area (Å²) in [6.07, 6.45) is 9.38. The van der Waals surface area contributed by atoms with Crippen LogP contribution in [0.3, 0.4) is 0 Å². The molecule has 1 aromatic rings. The van der Waals surface area contributed by atoms with E-state index in [0.29, 0.717) is 19.3 Å². The summed E-state index contributed by atoms with van der Waals surface area (Å²) in [5, 5.41) is 24.9. The van der Waals surface area contributed by atoms with E-state index in [1.165, 1.54) is 22.5 Å². The zero-order valence-corrected chi connectivity index (χ0v) is 19.1. The smallest absolute Gasteiger partial charge is 0.348 e. The van der Waals surface area contributed by atoms with Crippen LogP contribution in [0.15, 0.2) is 35.4 Å². The van der Waals surface area contributed by atoms with E-state index in [1.807, 2.05) is 30.3 Å². The molecule has 2 fully saturated rings. The van der Waals surface area contributed by atoms with Crippen LogP contribution in [0.25, 0.3) is 0 Å². The number of carbonyl (C=O) groups is 3. The van der Waals surface area contributed by atoms with Gasteiger partial charge in [0, 0.05) is 6.42 Å². The number of hydrogen-bond donors (Lipinski definition) is 2. The number of nitrogens with zero attached hydrogens (tertiary/aromatic N) is 3. The molecule has 1 aromatic carbocycles. The minimum Gasteiger partial charge on any atom is -0.481 e. The number of urea groups is 1. The first-order valence-electron chi connectivity index (χ1n) is 12.1. The molecule has 8 heteroatoms. The van der Waals surface area contributed by atoms with Crippen LogP contribution in [-0.4, -0.2) is 56.4 Å². The third-order valence-corrected chi connectivity index (χ3v) is 6.55. The van der Waals surface area contributed by atoms with E-state index in [2.05, 4.69) is 5.10 Å². The Bertz CT molecular complexity index is 823. The Hall–Kier alpha value is -2.74. The van der Waals surface area contributed by atoms with Crippen LogP contribution >= 0.6 is 0 Å². The second-order valence-corrected chi connectivity index (χ2v) is 9.05. The minimum absolute atomic E-state index is 0.140. The van der Waals surface area contributed by atoms with Gasteiger partial charge in [-0.05, 0) is 37.2 Å². The number of aliphatic hydroxyl groups is 1. The first-order chi connectivity index (χ1) is 16.0. The summed E-state index contributed by atoms with van der Waals surface area (Å²) < 4.78 is 0. The molecule has 0 bridgehead atoms. The van der Waals surface area contributed by atoms with Crippen molar-refractivity contribution in [3.8, 4) is 0 Å². The van der Waals surface area contributed by atoms with Gasteiger partial charge in [0.25, 0.3) is 5.91 Å². The fourth-order valence-electron chi connectivity index (χ4n) is 4.63. The normalized spacial score (nSPS) is 20.7. The van der Waals surface area contributed by atoms with E-state index < -0.39 is 24.1 Å². The molecule has 180 valence electrons. The number of amides is 3. The highest BCUT2D eigenvalue weighted by atomic mass is 16.4. The lowest BCUT2D eigenvalue weighted by Crippen LogP contribution is -2.32. The second-order valence-electron chi connectivity index (χ2n) is 9.05. The van der Waals surface area contributed by atoms with Crippen LogP contribution in [0.5, 0.6) is 0 Å². The topological polar surface area (TPSA) is 111 Å². The molecule has 1 aliphatic carbocycles. The number of benzene rings is 1. The van der Waals surface area contributed by atoms with Crippen molar-refractivity contribution >= 4 is 24.1 Å². The van der Waals surface area contributed by atoms with E-state index in [-0.39, 0.29) is 24.8 Å². The third kappa shape index (κ3) is 7.12. The van der Waals surface area contributed by atoms with Gasteiger partial charge in [-0.2, -0.15) is 5.10 Å². The molecule has 0 spiro atoms. The van der Waals surface area contributed by atoms with E-state index in [0.717, 1.165) is 44.1 Å². The first-order valence-corrected chi connectivity index (χ1v) is 12.1. The number of aliphatic hydroxyl groups excluding tert-OH is 1. The number of rotatable bonds is 12. The lowest BCUT2D eigenvalue weighted by atomic mass is 9.86. The van der Waals surface area contributed by atoms with Crippen LogP contribution in [0.2, 0.25) is 0 Å². The molecule has 2 atom stereocenters. The van der Waals surface area contributed by atoms with E-state index in [9.17, 15) is 19.5 Å². The van der Waals surface area contributed by atoms with Crippen molar-refractivity contribution in [3.63, 3.8) is 0 Å². The number of hydrazone groups is 1. The Morgan fingerprint density at radius 3 is 2.45 bits per heavy atom. The molecule has 8 nitrogen and oxygen atoms in total. The lowest BCUT2D eigenvalue weighted by Gasteiger charge is -2.24. The fourth-order valence-corrected chi connectivity index (χ4v) is 4.63. The number of imide groups is 1. The summed E-state index contributed by atoms with van der Waals surface area (Å²) in [7, 11) is 0. The van der Waals surface area contributed by atoms with Crippen molar-refractivity contribution in [2.75, 3.05) is 0 Å². The van der Waals surface area contributed by atoms with Crippen molar-refractivity contribution in [2.24, 2.45) is 11.0 Å². The Morgan fingerprint density at radius 2 is 1.76 bits per heavy atom. The van der Waals surface area contributed by atoms with Crippen molar-refractivity contribution in [3.05, 3.63) is 35.9 Å². The Morgan fingerprint density at radius 1 is 1.06 bits per heavy atom. The molecule has 2 N–H and O–H groups in total. The monoisotopic (exact) mass is 457 g/mol. The molecule has 1 heterocycles. The van der Waals surface area contributed by atoms with Crippen LogP contribution in [0.1, 0.15) is 76.2 Å². The van der Waals surface area contributed by atoms with Gasteiger partial charge < -0.3 is 10.2 Å². The number of aliphatic carboxylic acids is 1. The Labute approximate surface area is 195 Å². The highest BCUT2D eigenvalue weighted by Crippen LogP contribution is 2.27.